The predicted octanol–water partition coefficient (Wildman–Crippen LogP) is 3.59. The van der Waals surface area contributed by atoms with Crippen LogP contribution in [0.15, 0.2) is 18.2 Å². The number of rotatable bonds is 6. The molecule has 0 radical (unpaired) electrons. The van der Waals surface area contributed by atoms with Crippen LogP contribution in [0.1, 0.15) is 51.9 Å². The third-order valence-corrected chi connectivity index (χ3v) is 3.16. The van der Waals surface area contributed by atoms with Gasteiger partial charge in [0.2, 0.25) is 0 Å². The average molecular weight is 234 g/mol. The van der Waals surface area contributed by atoms with Crippen molar-refractivity contribution in [2.24, 2.45) is 11.8 Å². The van der Waals surface area contributed by atoms with Crippen LogP contribution in [-0.2, 0) is 6.54 Å². The van der Waals surface area contributed by atoms with Gasteiger partial charge in [-0.2, -0.15) is 0 Å². The minimum Gasteiger partial charge on any atom is -0.311 e. The highest BCUT2D eigenvalue weighted by molar-refractivity contribution is 5.16. The Morgan fingerprint density at radius 3 is 2.29 bits per heavy atom. The van der Waals surface area contributed by atoms with Gasteiger partial charge in [0.1, 0.15) is 0 Å². The lowest BCUT2D eigenvalue weighted by molar-refractivity contribution is 0.379. The Bertz CT molecular complexity index is 323. The maximum absolute atomic E-state index is 4.79. The van der Waals surface area contributed by atoms with Gasteiger partial charge in [-0.3, -0.25) is 4.98 Å². The first kappa shape index (κ1) is 14.2. The second-order valence-electron chi connectivity index (χ2n) is 5.35. The first-order chi connectivity index (χ1) is 8.06. The van der Waals surface area contributed by atoms with Gasteiger partial charge < -0.3 is 5.32 Å². The molecule has 1 N–H and O–H groups in total. The third-order valence-electron chi connectivity index (χ3n) is 3.16. The van der Waals surface area contributed by atoms with E-state index in [1.165, 1.54) is 5.69 Å². The second-order valence-corrected chi connectivity index (χ2v) is 5.35. The van der Waals surface area contributed by atoms with Crippen molar-refractivity contribution in [1.82, 2.24) is 10.3 Å². The molecule has 0 aliphatic carbocycles. The fourth-order valence-electron chi connectivity index (χ4n) is 2.49. The first-order valence-electron chi connectivity index (χ1n) is 6.72. The van der Waals surface area contributed by atoms with E-state index in [2.05, 4.69) is 58.1 Å². The molecule has 0 bridgehead atoms. The first-order valence-corrected chi connectivity index (χ1v) is 6.72. The summed E-state index contributed by atoms with van der Waals surface area (Å²) >= 11 is 0. The summed E-state index contributed by atoms with van der Waals surface area (Å²) in [6.07, 6.45) is 0. The molecule has 0 aliphatic rings. The normalized spacial score (nSPS) is 11.8. The number of nitrogens with one attached hydrogen (secondary N) is 1. The van der Waals surface area contributed by atoms with Crippen molar-refractivity contribution in [1.29, 1.82) is 0 Å². The van der Waals surface area contributed by atoms with Crippen molar-refractivity contribution in [3.63, 3.8) is 0 Å². The van der Waals surface area contributed by atoms with E-state index < -0.39 is 0 Å². The minimum absolute atomic E-state index is 0.552. The summed E-state index contributed by atoms with van der Waals surface area (Å²) in [7, 11) is 0. The monoisotopic (exact) mass is 234 g/mol. The largest absolute Gasteiger partial charge is 0.311 e. The summed E-state index contributed by atoms with van der Waals surface area (Å²) in [4.78, 5) is 4.79. The van der Waals surface area contributed by atoms with Gasteiger partial charge in [0.15, 0.2) is 0 Å². The molecule has 1 aromatic heterocycles. The maximum atomic E-state index is 4.79. The Morgan fingerprint density at radius 2 is 1.76 bits per heavy atom. The van der Waals surface area contributed by atoms with Crippen molar-refractivity contribution in [3.8, 4) is 0 Å². The molecule has 96 valence electrons. The highest BCUT2D eigenvalue weighted by Crippen LogP contribution is 2.30. The SMILES string of the molecule is CCNCc1cccc(C(C(C)C)C(C)C)n1. The summed E-state index contributed by atoms with van der Waals surface area (Å²) in [6, 6.07) is 6.40. The molecule has 0 fully saturated rings. The molecule has 2 heteroatoms. The van der Waals surface area contributed by atoms with E-state index >= 15 is 0 Å². The van der Waals surface area contributed by atoms with Crippen molar-refractivity contribution in [2.45, 2.75) is 47.1 Å². The van der Waals surface area contributed by atoms with Crippen molar-refractivity contribution in [3.05, 3.63) is 29.6 Å². The lowest BCUT2D eigenvalue weighted by atomic mass is 9.82. The molecule has 0 aliphatic heterocycles. The zero-order chi connectivity index (χ0) is 12.8. The molecule has 0 spiro atoms. The fourth-order valence-corrected chi connectivity index (χ4v) is 2.49. The average Bonchev–Trinajstić information content (AvgIpc) is 2.26. The molecule has 2 nitrogen and oxygen atoms in total. The smallest absolute Gasteiger partial charge is 0.0545 e. The van der Waals surface area contributed by atoms with Gasteiger partial charge in [-0.25, -0.2) is 0 Å². The summed E-state index contributed by atoms with van der Waals surface area (Å²) in [6.45, 7) is 13.1. The van der Waals surface area contributed by atoms with E-state index in [-0.39, 0.29) is 0 Å². The molecule has 0 amide bonds. The van der Waals surface area contributed by atoms with Crippen molar-refractivity contribution >= 4 is 0 Å². The van der Waals surface area contributed by atoms with Gasteiger partial charge in [-0.05, 0) is 30.5 Å². The molecule has 1 aromatic rings. The Morgan fingerprint density at radius 1 is 1.12 bits per heavy atom. The summed E-state index contributed by atoms with van der Waals surface area (Å²) in [5, 5.41) is 3.33. The van der Waals surface area contributed by atoms with E-state index in [1.807, 2.05) is 0 Å². The molecule has 1 rings (SSSR count). The molecule has 0 atom stereocenters. The van der Waals surface area contributed by atoms with Crippen LogP contribution in [0.2, 0.25) is 0 Å². The Labute approximate surface area is 106 Å². The summed E-state index contributed by atoms with van der Waals surface area (Å²) in [5.41, 5.74) is 2.39. The van der Waals surface area contributed by atoms with Crippen LogP contribution in [0.3, 0.4) is 0 Å². The third kappa shape index (κ3) is 4.12. The molecular formula is C15H26N2. The molecular weight excluding hydrogens is 208 g/mol. The number of hydrogen-bond donors (Lipinski definition) is 1. The van der Waals surface area contributed by atoms with Crippen molar-refractivity contribution < 1.29 is 0 Å². The van der Waals surface area contributed by atoms with Gasteiger partial charge in [0, 0.05) is 18.2 Å². The quantitative estimate of drug-likeness (QED) is 0.813. The topological polar surface area (TPSA) is 24.9 Å². The lowest BCUT2D eigenvalue weighted by Gasteiger charge is -2.24. The summed E-state index contributed by atoms with van der Waals surface area (Å²) < 4.78 is 0. The van der Waals surface area contributed by atoms with E-state index in [0.717, 1.165) is 18.8 Å². The van der Waals surface area contributed by atoms with Gasteiger partial charge in [-0.15, -0.1) is 0 Å². The zero-order valence-electron chi connectivity index (χ0n) is 11.8. The van der Waals surface area contributed by atoms with Crippen molar-refractivity contribution in [2.75, 3.05) is 6.54 Å². The van der Waals surface area contributed by atoms with E-state index in [9.17, 15) is 0 Å². The van der Waals surface area contributed by atoms with Crippen LogP contribution >= 0.6 is 0 Å². The van der Waals surface area contributed by atoms with E-state index in [1.54, 1.807) is 0 Å². The van der Waals surface area contributed by atoms with Crippen LogP contribution in [0.5, 0.6) is 0 Å². The van der Waals surface area contributed by atoms with Crippen LogP contribution in [0, 0.1) is 11.8 Å². The summed E-state index contributed by atoms with van der Waals surface area (Å²) in [5.74, 6) is 1.82. The second kappa shape index (κ2) is 6.75. The van der Waals surface area contributed by atoms with Gasteiger partial charge in [0.25, 0.3) is 0 Å². The minimum atomic E-state index is 0.552. The molecule has 0 saturated carbocycles. The van der Waals surface area contributed by atoms with E-state index in [4.69, 9.17) is 4.98 Å². The van der Waals surface area contributed by atoms with Crippen LogP contribution < -0.4 is 5.32 Å². The molecule has 0 aromatic carbocycles. The highest BCUT2D eigenvalue weighted by Gasteiger charge is 2.20. The molecule has 0 saturated heterocycles. The van der Waals surface area contributed by atoms with Gasteiger partial charge in [0.05, 0.1) is 5.69 Å². The molecule has 17 heavy (non-hydrogen) atoms. The maximum Gasteiger partial charge on any atom is 0.0545 e. The van der Waals surface area contributed by atoms with Crippen LogP contribution in [0.25, 0.3) is 0 Å². The fraction of sp³-hybridized carbons (Fsp3) is 0.667. The lowest BCUT2D eigenvalue weighted by Crippen LogP contribution is -2.17. The molecule has 1 heterocycles. The number of aromatic nitrogens is 1. The predicted molar refractivity (Wildman–Crippen MR) is 74.0 cm³/mol. The number of hydrogen-bond acceptors (Lipinski definition) is 2. The standard InChI is InChI=1S/C15H26N2/c1-6-16-10-13-8-7-9-14(17-13)15(11(2)3)12(4)5/h7-9,11-12,15-16H,6,10H2,1-5H3. The number of pyridine rings is 1. The van der Waals surface area contributed by atoms with Crippen LogP contribution in [-0.4, -0.2) is 11.5 Å². The molecule has 0 unspecified atom stereocenters. The zero-order valence-corrected chi connectivity index (χ0v) is 11.8. The highest BCUT2D eigenvalue weighted by atomic mass is 14.9. The van der Waals surface area contributed by atoms with Crippen LogP contribution in [0.4, 0.5) is 0 Å². The Hall–Kier alpha value is -0.890. The number of nitrogens with zero attached hydrogens (tertiary/aromatic N) is 1. The van der Waals surface area contributed by atoms with Gasteiger partial charge in [-0.1, -0.05) is 40.7 Å². The Balaban J connectivity index is 2.88. The van der Waals surface area contributed by atoms with Gasteiger partial charge >= 0.3 is 0 Å². The van der Waals surface area contributed by atoms with E-state index in [0.29, 0.717) is 17.8 Å². The Kier molecular flexibility index (Phi) is 5.63.